The maximum absolute atomic E-state index is 12.2. The first kappa shape index (κ1) is 10.6. The predicted molar refractivity (Wildman–Crippen MR) is 35.9 cm³/mol. The van der Waals surface area contributed by atoms with Crippen molar-refractivity contribution in [2.24, 2.45) is 11.1 Å². The van der Waals surface area contributed by atoms with Crippen molar-refractivity contribution < 1.29 is 18.7 Å². The van der Waals surface area contributed by atoms with Gasteiger partial charge >= 0.3 is 5.97 Å². The van der Waals surface area contributed by atoms with Crippen LogP contribution in [0.15, 0.2) is 0 Å². The summed E-state index contributed by atoms with van der Waals surface area (Å²) >= 11 is 0. The summed E-state index contributed by atoms with van der Waals surface area (Å²) in [6, 6.07) is 0. The summed E-state index contributed by atoms with van der Waals surface area (Å²) in [7, 11) is 0. The van der Waals surface area contributed by atoms with Gasteiger partial charge in [-0.2, -0.15) is 0 Å². The summed E-state index contributed by atoms with van der Waals surface area (Å²) in [5, 5.41) is 8.28. The number of nitrogens with two attached hydrogens (primary N) is 1. The minimum absolute atomic E-state index is 0. The number of aliphatic carboxylic acids is 1. The van der Waals surface area contributed by atoms with Gasteiger partial charge in [0.25, 0.3) is 5.92 Å². The molecule has 0 bridgehead atoms. The molecule has 0 spiro atoms. The van der Waals surface area contributed by atoms with Crippen molar-refractivity contribution in [3.8, 4) is 0 Å². The second kappa shape index (κ2) is 2.57. The van der Waals surface area contributed by atoms with E-state index in [1.165, 1.54) is 0 Å². The lowest BCUT2D eigenvalue weighted by molar-refractivity contribution is -0.146. The Kier molecular flexibility index (Phi) is 2.47. The molecular formula is C5H8ClF2NO2. The van der Waals surface area contributed by atoms with Crippen LogP contribution in [0.25, 0.3) is 0 Å². The smallest absolute Gasteiger partial charge is 0.317 e. The average molecular weight is 188 g/mol. The molecule has 1 rings (SSSR count). The van der Waals surface area contributed by atoms with Gasteiger partial charge < -0.3 is 10.8 Å². The van der Waals surface area contributed by atoms with E-state index in [0.29, 0.717) is 0 Å². The third-order valence-electron chi connectivity index (χ3n) is 1.86. The second-order valence-corrected chi connectivity index (χ2v) is 2.47. The maximum Gasteiger partial charge on any atom is 0.317 e. The maximum atomic E-state index is 12.2. The van der Waals surface area contributed by atoms with Crippen LogP contribution in [0.4, 0.5) is 8.78 Å². The lowest BCUT2D eigenvalue weighted by Crippen LogP contribution is -2.30. The highest BCUT2D eigenvalue weighted by molar-refractivity contribution is 5.85. The SMILES string of the molecule is Cl.NCC1(C(=O)O)CC1(F)F. The number of alkyl halides is 2. The molecule has 0 aromatic carbocycles. The van der Waals surface area contributed by atoms with Gasteiger partial charge in [-0.3, -0.25) is 4.79 Å². The largest absolute Gasteiger partial charge is 0.481 e. The van der Waals surface area contributed by atoms with Crippen LogP contribution in [0.3, 0.4) is 0 Å². The van der Waals surface area contributed by atoms with E-state index in [4.69, 9.17) is 10.8 Å². The zero-order chi connectivity index (χ0) is 7.99. The summed E-state index contributed by atoms with van der Waals surface area (Å²) in [6.07, 6.45) is -0.619. The van der Waals surface area contributed by atoms with Gasteiger partial charge in [-0.05, 0) is 0 Å². The fourth-order valence-corrected chi connectivity index (χ4v) is 0.876. The number of halogens is 3. The first-order valence-electron chi connectivity index (χ1n) is 2.77. The molecule has 0 heterocycles. The van der Waals surface area contributed by atoms with Crippen LogP contribution in [0.2, 0.25) is 0 Å². The molecule has 1 saturated carbocycles. The van der Waals surface area contributed by atoms with E-state index in [1.807, 2.05) is 0 Å². The Hall–Kier alpha value is -0.420. The van der Waals surface area contributed by atoms with Gasteiger partial charge in [-0.25, -0.2) is 8.78 Å². The summed E-state index contributed by atoms with van der Waals surface area (Å²) in [6.45, 7) is -0.491. The molecule has 0 amide bonds. The number of carbonyl (C=O) groups is 1. The fourth-order valence-electron chi connectivity index (χ4n) is 0.876. The van der Waals surface area contributed by atoms with E-state index < -0.39 is 30.3 Å². The lowest BCUT2D eigenvalue weighted by Gasteiger charge is -2.05. The van der Waals surface area contributed by atoms with Gasteiger partial charge in [0.15, 0.2) is 0 Å². The molecule has 66 valence electrons. The Bertz CT molecular complexity index is 187. The zero-order valence-electron chi connectivity index (χ0n) is 5.51. The van der Waals surface area contributed by atoms with Crippen molar-refractivity contribution in [2.45, 2.75) is 12.3 Å². The number of hydrogen-bond acceptors (Lipinski definition) is 2. The van der Waals surface area contributed by atoms with Gasteiger partial charge in [0.2, 0.25) is 0 Å². The zero-order valence-corrected chi connectivity index (χ0v) is 6.33. The Morgan fingerprint density at radius 2 is 2.00 bits per heavy atom. The quantitative estimate of drug-likeness (QED) is 0.661. The standard InChI is InChI=1S/C5H7F2NO2.ClH/c6-5(7)1-4(5,2-8)3(9)10;/h1-2,8H2,(H,9,10);1H. The van der Waals surface area contributed by atoms with Crippen molar-refractivity contribution in [1.82, 2.24) is 0 Å². The van der Waals surface area contributed by atoms with Crippen LogP contribution < -0.4 is 5.73 Å². The highest BCUT2D eigenvalue weighted by Crippen LogP contribution is 2.59. The summed E-state index contributed by atoms with van der Waals surface area (Å²) in [5.41, 5.74) is 2.93. The van der Waals surface area contributed by atoms with Crippen LogP contribution in [0, 0.1) is 5.41 Å². The molecule has 3 nitrogen and oxygen atoms in total. The third kappa shape index (κ3) is 1.18. The Morgan fingerprint density at radius 1 is 1.64 bits per heavy atom. The molecule has 1 aliphatic carbocycles. The molecule has 1 unspecified atom stereocenters. The fraction of sp³-hybridized carbons (Fsp3) is 0.800. The molecule has 1 atom stereocenters. The predicted octanol–water partition coefficient (Wildman–Crippen LogP) is 0.477. The number of carboxylic acids is 1. The van der Waals surface area contributed by atoms with E-state index in [9.17, 15) is 13.6 Å². The molecule has 1 aliphatic rings. The number of hydrogen-bond donors (Lipinski definition) is 2. The number of rotatable bonds is 2. The Morgan fingerprint density at radius 3 is 2.00 bits per heavy atom. The lowest BCUT2D eigenvalue weighted by atomic mass is 10.1. The van der Waals surface area contributed by atoms with Crippen molar-refractivity contribution in [2.75, 3.05) is 6.54 Å². The normalized spacial score (nSPS) is 32.3. The van der Waals surface area contributed by atoms with Gasteiger partial charge in [0, 0.05) is 13.0 Å². The molecule has 0 aromatic rings. The monoisotopic (exact) mass is 187 g/mol. The first-order valence-corrected chi connectivity index (χ1v) is 2.77. The van der Waals surface area contributed by atoms with Gasteiger partial charge in [0.05, 0.1) is 0 Å². The van der Waals surface area contributed by atoms with E-state index in [0.717, 1.165) is 0 Å². The van der Waals surface area contributed by atoms with Crippen molar-refractivity contribution in [1.29, 1.82) is 0 Å². The third-order valence-corrected chi connectivity index (χ3v) is 1.86. The molecule has 6 heteroatoms. The molecule has 11 heavy (non-hydrogen) atoms. The minimum atomic E-state index is -3.09. The number of carboxylic acid groups (broad SMARTS) is 1. The van der Waals surface area contributed by atoms with Crippen molar-refractivity contribution in [3.05, 3.63) is 0 Å². The van der Waals surface area contributed by atoms with Crippen LogP contribution in [-0.2, 0) is 4.79 Å². The summed E-state index contributed by atoms with van der Waals surface area (Å²) in [4.78, 5) is 10.2. The summed E-state index contributed by atoms with van der Waals surface area (Å²) in [5.74, 6) is -4.59. The molecule has 0 radical (unpaired) electrons. The van der Waals surface area contributed by atoms with Crippen LogP contribution in [0.1, 0.15) is 6.42 Å². The summed E-state index contributed by atoms with van der Waals surface area (Å²) < 4.78 is 24.5. The highest BCUT2D eigenvalue weighted by Gasteiger charge is 2.75. The molecule has 1 fully saturated rings. The molecule has 0 aromatic heterocycles. The topological polar surface area (TPSA) is 63.3 Å². The first-order chi connectivity index (χ1) is 4.46. The van der Waals surface area contributed by atoms with Crippen molar-refractivity contribution >= 4 is 18.4 Å². The molecule has 3 N–H and O–H groups in total. The van der Waals surface area contributed by atoms with Crippen LogP contribution in [0.5, 0.6) is 0 Å². The van der Waals surface area contributed by atoms with E-state index in [1.54, 1.807) is 0 Å². The second-order valence-electron chi connectivity index (χ2n) is 2.47. The van der Waals surface area contributed by atoms with Gasteiger partial charge in [-0.1, -0.05) is 0 Å². The van der Waals surface area contributed by atoms with E-state index >= 15 is 0 Å². The molecule has 0 aliphatic heterocycles. The minimum Gasteiger partial charge on any atom is -0.481 e. The highest BCUT2D eigenvalue weighted by atomic mass is 35.5. The Labute approximate surface area is 68.0 Å². The van der Waals surface area contributed by atoms with Gasteiger partial charge in [0.1, 0.15) is 5.41 Å². The average Bonchev–Trinajstić information content (AvgIpc) is 2.35. The Balaban J connectivity index is 0.000001000. The van der Waals surface area contributed by atoms with Crippen LogP contribution in [-0.4, -0.2) is 23.5 Å². The molecular weight excluding hydrogens is 180 g/mol. The van der Waals surface area contributed by atoms with Crippen LogP contribution >= 0.6 is 12.4 Å². The molecule has 0 saturated heterocycles. The van der Waals surface area contributed by atoms with E-state index in [-0.39, 0.29) is 12.4 Å². The van der Waals surface area contributed by atoms with E-state index in [2.05, 4.69) is 0 Å². The van der Waals surface area contributed by atoms with Gasteiger partial charge in [-0.15, -0.1) is 12.4 Å². The van der Waals surface area contributed by atoms with Crippen molar-refractivity contribution in [3.63, 3.8) is 0 Å².